The van der Waals surface area contributed by atoms with Crippen LogP contribution in [-0.2, 0) is 11.3 Å². The average molecular weight is 219 g/mol. The molecule has 1 aliphatic rings. The molecule has 1 heterocycles. The van der Waals surface area contributed by atoms with Crippen LogP contribution in [-0.4, -0.2) is 31.2 Å². The zero-order valence-corrected chi connectivity index (χ0v) is 10.5. The van der Waals surface area contributed by atoms with Gasteiger partial charge in [0.05, 0.1) is 13.2 Å². The maximum Gasteiger partial charge on any atom is 0.0594 e. The van der Waals surface area contributed by atoms with Gasteiger partial charge < -0.3 is 4.74 Å². The van der Waals surface area contributed by atoms with Crippen LogP contribution in [0.1, 0.15) is 22.3 Å². The highest BCUT2D eigenvalue weighted by Gasteiger charge is 2.13. The van der Waals surface area contributed by atoms with Crippen LogP contribution in [0.5, 0.6) is 0 Å². The highest BCUT2D eigenvalue weighted by molar-refractivity contribution is 5.37. The van der Waals surface area contributed by atoms with E-state index < -0.39 is 0 Å². The van der Waals surface area contributed by atoms with Gasteiger partial charge in [-0.05, 0) is 37.5 Å². The second kappa shape index (κ2) is 4.98. The first-order valence-electron chi connectivity index (χ1n) is 6.03. The normalized spacial score (nSPS) is 17.7. The number of morpholine rings is 1. The van der Waals surface area contributed by atoms with Crippen molar-refractivity contribution in [3.63, 3.8) is 0 Å². The summed E-state index contributed by atoms with van der Waals surface area (Å²) in [4.78, 5) is 2.48. The van der Waals surface area contributed by atoms with E-state index in [9.17, 15) is 0 Å². The Morgan fingerprint density at radius 2 is 1.62 bits per heavy atom. The Labute approximate surface area is 98.2 Å². The molecular weight excluding hydrogens is 198 g/mol. The van der Waals surface area contributed by atoms with E-state index in [2.05, 4.69) is 37.8 Å². The van der Waals surface area contributed by atoms with Crippen molar-refractivity contribution in [1.29, 1.82) is 0 Å². The average Bonchev–Trinajstić information content (AvgIpc) is 2.25. The van der Waals surface area contributed by atoms with Gasteiger partial charge in [-0.3, -0.25) is 4.90 Å². The van der Waals surface area contributed by atoms with Crippen LogP contribution in [0.4, 0.5) is 0 Å². The molecule has 1 fully saturated rings. The van der Waals surface area contributed by atoms with E-state index in [0.29, 0.717) is 0 Å². The van der Waals surface area contributed by atoms with E-state index in [0.717, 1.165) is 32.8 Å². The first-order valence-corrected chi connectivity index (χ1v) is 6.03. The zero-order chi connectivity index (χ0) is 11.5. The fourth-order valence-corrected chi connectivity index (χ4v) is 2.44. The van der Waals surface area contributed by atoms with E-state index >= 15 is 0 Å². The maximum atomic E-state index is 5.38. The number of aryl methyl sites for hydroxylation is 3. The highest BCUT2D eigenvalue weighted by atomic mass is 16.5. The van der Waals surface area contributed by atoms with Gasteiger partial charge in [0, 0.05) is 19.6 Å². The minimum atomic E-state index is 0.879. The van der Waals surface area contributed by atoms with E-state index in [-0.39, 0.29) is 0 Å². The molecule has 1 saturated heterocycles. The standard InChI is InChI=1S/C14H21NO/c1-11-8-12(2)14(13(3)9-11)10-15-4-6-16-7-5-15/h8-9H,4-7,10H2,1-3H3. The Morgan fingerprint density at radius 3 is 2.19 bits per heavy atom. The van der Waals surface area contributed by atoms with Crippen molar-refractivity contribution in [2.75, 3.05) is 26.3 Å². The minimum absolute atomic E-state index is 0.879. The van der Waals surface area contributed by atoms with E-state index in [1.807, 2.05) is 0 Å². The molecular formula is C14H21NO. The zero-order valence-electron chi connectivity index (χ0n) is 10.5. The van der Waals surface area contributed by atoms with Gasteiger partial charge in [0.1, 0.15) is 0 Å². The van der Waals surface area contributed by atoms with Crippen molar-refractivity contribution in [3.05, 3.63) is 34.4 Å². The lowest BCUT2D eigenvalue weighted by atomic mass is 9.99. The van der Waals surface area contributed by atoms with Crippen molar-refractivity contribution in [2.24, 2.45) is 0 Å². The molecule has 0 spiro atoms. The molecule has 1 aliphatic heterocycles. The summed E-state index contributed by atoms with van der Waals surface area (Å²) >= 11 is 0. The molecule has 1 aromatic rings. The Kier molecular flexibility index (Phi) is 3.62. The summed E-state index contributed by atoms with van der Waals surface area (Å²) in [5, 5.41) is 0. The largest absolute Gasteiger partial charge is 0.379 e. The monoisotopic (exact) mass is 219 g/mol. The van der Waals surface area contributed by atoms with Gasteiger partial charge in [0.15, 0.2) is 0 Å². The molecule has 16 heavy (non-hydrogen) atoms. The van der Waals surface area contributed by atoms with Crippen LogP contribution >= 0.6 is 0 Å². The van der Waals surface area contributed by atoms with Gasteiger partial charge in [-0.1, -0.05) is 17.7 Å². The van der Waals surface area contributed by atoms with Crippen LogP contribution in [0.25, 0.3) is 0 Å². The molecule has 2 heteroatoms. The number of hydrogen-bond donors (Lipinski definition) is 0. The molecule has 0 atom stereocenters. The molecule has 0 radical (unpaired) electrons. The second-order valence-corrected chi connectivity index (χ2v) is 4.77. The van der Waals surface area contributed by atoms with Crippen molar-refractivity contribution in [2.45, 2.75) is 27.3 Å². The van der Waals surface area contributed by atoms with Crippen LogP contribution in [0.2, 0.25) is 0 Å². The van der Waals surface area contributed by atoms with Gasteiger partial charge in [0.2, 0.25) is 0 Å². The summed E-state index contributed by atoms with van der Waals surface area (Å²) in [6, 6.07) is 4.56. The summed E-state index contributed by atoms with van der Waals surface area (Å²) in [5.74, 6) is 0. The molecule has 88 valence electrons. The smallest absolute Gasteiger partial charge is 0.0594 e. The summed E-state index contributed by atoms with van der Waals surface area (Å²) in [7, 11) is 0. The second-order valence-electron chi connectivity index (χ2n) is 4.77. The first kappa shape index (κ1) is 11.6. The summed E-state index contributed by atoms with van der Waals surface area (Å²) in [5.41, 5.74) is 5.70. The molecule has 0 N–H and O–H groups in total. The summed E-state index contributed by atoms with van der Waals surface area (Å²) in [6.45, 7) is 11.6. The van der Waals surface area contributed by atoms with Crippen molar-refractivity contribution in [1.82, 2.24) is 4.90 Å². The lowest BCUT2D eigenvalue weighted by molar-refractivity contribution is 0.0340. The number of benzene rings is 1. The predicted octanol–water partition coefficient (Wildman–Crippen LogP) is 2.44. The molecule has 0 amide bonds. The van der Waals surface area contributed by atoms with Crippen LogP contribution < -0.4 is 0 Å². The van der Waals surface area contributed by atoms with Crippen LogP contribution in [0, 0.1) is 20.8 Å². The molecule has 1 aromatic carbocycles. The van der Waals surface area contributed by atoms with Gasteiger partial charge in [-0.15, -0.1) is 0 Å². The molecule has 0 aliphatic carbocycles. The van der Waals surface area contributed by atoms with E-state index in [1.165, 1.54) is 22.3 Å². The number of rotatable bonds is 2. The molecule has 0 aromatic heterocycles. The Hall–Kier alpha value is -0.860. The minimum Gasteiger partial charge on any atom is -0.379 e. The van der Waals surface area contributed by atoms with E-state index in [1.54, 1.807) is 0 Å². The quantitative estimate of drug-likeness (QED) is 0.757. The number of hydrogen-bond acceptors (Lipinski definition) is 2. The molecule has 2 rings (SSSR count). The molecule has 0 unspecified atom stereocenters. The Morgan fingerprint density at radius 1 is 1.06 bits per heavy atom. The third-order valence-corrected chi connectivity index (χ3v) is 3.33. The number of nitrogens with zero attached hydrogens (tertiary/aromatic N) is 1. The lowest BCUT2D eigenvalue weighted by Gasteiger charge is -2.28. The SMILES string of the molecule is Cc1cc(C)c(CN2CCOCC2)c(C)c1. The number of ether oxygens (including phenoxy) is 1. The van der Waals surface area contributed by atoms with Crippen molar-refractivity contribution < 1.29 is 4.74 Å². The Bertz CT molecular complexity index is 344. The molecule has 0 bridgehead atoms. The van der Waals surface area contributed by atoms with Gasteiger partial charge in [-0.2, -0.15) is 0 Å². The highest BCUT2D eigenvalue weighted by Crippen LogP contribution is 2.18. The maximum absolute atomic E-state index is 5.38. The Balaban J connectivity index is 2.14. The third kappa shape index (κ3) is 2.63. The molecule has 0 saturated carbocycles. The van der Waals surface area contributed by atoms with Gasteiger partial charge in [-0.25, -0.2) is 0 Å². The van der Waals surface area contributed by atoms with Gasteiger partial charge in [0.25, 0.3) is 0 Å². The van der Waals surface area contributed by atoms with Crippen LogP contribution in [0.15, 0.2) is 12.1 Å². The summed E-state index contributed by atoms with van der Waals surface area (Å²) in [6.07, 6.45) is 0. The fraction of sp³-hybridized carbons (Fsp3) is 0.571. The summed E-state index contributed by atoms with van der Waals surface area (Å²) < 4.78 is 5.38. The van der Waals surface area contributed by atoms with Gasteiger partial charge >= 0.3 is 0 Å². The predicted molar refractivity (Wildman–Crippen MR) is 66.7 cm³/mol. The van der Waals surface area contributed by atoms with E-state index in [4.69, 9.17) is 4.74 Å². The van der Waals surface area contributed by atoms with Crippen molar-refractivity contribution in [3.8, 4) is 0 Å². The fourth-order valence-electron chi connectivity index (χ4n) is 2.44. The third-order valence-electron chi connectivity index (χ3n) is 3.33. The molecule has 2 nitrogen and oxygen atoms in total. The lowest BCUT2D eigenvalue weighted by Crippen LogP contribution is -2.36. The topological polar surface area (TPSA) is 12.5 Å². The first-order chi connectivity index (χ1) is 7.66. The van der Waals surface area contributed by atoms with Crippen LogP contribution in [0.3, 0.4) is 0 Å². The van der Waals surface area contributed by atoms with Crippen molar-refractivity contribution >= 4 is 0 Å².